The Morgan fingerprint density at radius 2 is 0.643 bits per heavy atom. The molecule has 0 saturated heterocycles. The van der Waals surface area contributed by atoms with Gasteiger partial charge in [0.05, 0.1) is 0 Å². The minimum atomic E-state index is -1.45. The summed E-state index contributed by atoms with van der Waals surface area (Å²) in [5.74, 6) is 0. The van der Waals surface area contributed by atoms with Gasteiger partial charge >= 0.3 is 34.1 Å². The van der Waals surface area contributed by atoms with Crippen molar-refractivity contribution in [2.75, 3.05) is 56.4 Å². The van der Waals surface area contributed by atoms with Crippen LogP contribution in [0.25, 0.3) is 0 Å². The fourth-order valence-corrected chi connectivity index (χ4v) is 6.44. The standard InChI is InChI=1S/C8H24N4P.Zr/c1-9(2)13(10(3)4,11(5)6)12(7)8;/h1-8H3;/q+1;+4. The first kappa shape index (κ1) is 17.5. The SMILES string of the molecule is CN(C)[P+](N(C)C)(N(C)C)N(C)C.[Zr+4]. The van der Waals surface area contributed by atoms with Crippen molar-refractivity contribution < 1.29 is 26.2 Å². The first-order chi connectivity index (χ1) is 5.77. The normalized spacial score (nSPS) is 12.9. The van der Waals surface area contributed by atoms with Crippen molar-refractivity contribution in [1.29, 1.82) is 0 Å². The minimum absolute atomic E-state index is 0. The molecule has 0 unspecified atom stereocenters. The van der Waals surface area contributed by atoms with E-state index >= 15 is 0 Å². The van der Waals surface area contributed by atoms with Gasteiger partial charge in [-0.25, -0.2) is 0 Å². The Labute approximate surface area is 109 Å². The smallest absolute Gasteiger partial charge is 0.139 e. The predicted molar refractivity (Wildman–Crippen MR) is 61.7 cm³/mol. The van der Waals surface area contributed by atoms with Gasteiger partial charge in [-0.2, -0.15) is 0 Å². The summed E-state index contributed by atoms with van der Waals surface area (Å²) in [5, 5.41) is 0. The Bertz CT molecular complexity index is 124. The summed E-state index contributed by atoms with van der Waals surface area (Å²) in [6.07, 6.45) is 0. The second-order valence-electron chi connectivity index (χ2n) is 3.93. The number of nitrogens with zero attached hydrogens (tertiary/aromatic N) is 4. The summed E-state index contributed by atoms with van der Waals surface area (Å²) in [6.45, 7) is 0. The molecule has 0 aliphatic heterocycles. The van der Waals surface area contributed by atoms with Crippen molar-refractivity contribution in [2.24, 2.45) is 0 Å². The van der Waals surface area contributed by atoms with E-state index in [-0.39, 0.29) is 26.2 Å². The Morgan fingerprint density at radius 1 is 0.500 bits per heavy atom. The molecule has 0 N–H and O–H groups in total. The minimum Gasteiger partial charge on any atom is -0.139 e. The number of hydrogen-bond donors (Lipinski definition) is 0. The maximum absolute atomic E-state index is 2.30. The molecular weight excluding hydrogens is 274 g/mol. The first-order valence-corrected chi connectivity index (χ1v) is 5.98. The van der Waals surface area contributed by atoms with Crippen LogP contribution in [0.2, 0.25) is 0 Å². The van der Waals surface area contributed by atoms with E-state index < -0.39 is 7.87 Å². The van der Waals surface area contributed by atoms with E-state index in [0.29, 0.717) is 0 Å². The third-order valence-corrected chi connectivity index (χ3v) is 6.44. The zero-order valence-corrected chi connectivity index (χ0v) is 14.1. The largest absolute Gasteiger partial charge is 4.00 e. The van der Waals surface area contributed by atoms with Crippen LogP contribution in [0.1, 0.15) is 0 Å². The molecule has 14 heavy (non-hydrogen) atoms. The topological polar surface area (TPSA) is 13.0 Å². The molecule has 0 aliphatic carbocycles. The molecule has 6 heteroatoms. The van der Waals surface area contributed by atoms with Gasteiger partial charge in [-0.15, -0.1) is 18.7 Å². The summed E-state index contributed by atoms with van der Waals surface area (Å²) in [5.41, 5.74) is 0. The van der Waals surface area contributed by atoms with Gasteiger partial charge in [-0.05, 0) is 0 Å². The summed E-state index contributed by atoms with van der Waals surface area (Å²) in [7, 11) is 15.6. The fourth-order valence-electron chi connectivity index (χ4n) is 2.15. The number of hydrogen-bond acceptors (Lipinski definition) is 4. The van der Waals surface area contributed by atoms with E-state index in [1.54, 1.807) is 0 Å². The summed E-state index contributed by atoms with van der Waals surface area (Å²) in [4.78, 5) is 0. The molecular formula is C8H24N4PZr+5. The van der Waals surface area contributed by atoms with Gasteiger partial charge in [0.2, 0.25) is 0 Å². The zero-order chi connectivity index (χ0) is 10.8. The van der Waals surface area contributed by atoms with Gasteiger partial charge in [0.15, 0.2) is 0 Å². The summed E-state index contributed by atoms with van der Waals surface area (Å²) in [6, 6.07) is 0. The van der Waals surface area contributed by atoms with Crippen LogP contribution in [-0.2, 0) is 26.2 Å². The maximum atomic E-state index is 2.30. The molecule has 0 amide bonds. The molecule has 0 fully saturated rings. The molecule has 0 aromatic rings. The zero-order valence-electron chi connectivity index (χ0n) is 10.7. The number of rotatable bonds is 4. The third kappa shape index (κ3) is 3.07. The van der Waals surface area contributed by atoms with Gasteiger partial charge < -0.3 is 0 Å². The van der Waals surface area contributed by atoms with Crippen molar-refractivity contribution >= 4 is 7.87 Å². The molecule has 0 spiro atoms. The predicted octanol–water partition coefficient (Wildman–Crippen LogP) is 0.908. The van der Waals surface area contributed by atoms with Crippen LogP contribution < -0.4 is 0 Å². The fraction of sp³-hybridized carbons (Fsp3) is 1.00. The third-order valence-electron chi connectivity index (χ3n) is 2.15. The molecule has 0 saturated carbocycles. The van der Waals surface area contributed by atoms with Gasteiger partial charge in [-0.1, -0.05) is 0 Å². The second-order valence-corrected chi connectivity index (χ2v) is 8.20. The van der Waals surface area contributed by atoms with Gasteiger partial charge in [0.25, 0.3) is 0 Å². The van der Waals surface area contributed by atoms with E-state index in [0.717, 1.165) is 0 Å². The monoisotopic (exact) mass is 297 g/mol. The van der Waals surface area contributed by atoms with E-state index in [4.69, 9.17) is 0 Å². The van der Waals surface area contributed by atoms with E-state index in [1.165, 1.54) is 0 Å². The summed E-state index contributed by atoms with van der Waals surface area (Å²) < 4.78 is 9.19. The molecule has 0 bridgehead atoms. The van der Waals surface area contributed by atoms with Crippen LogP contribution in [-0.4, -0.2) is 75.1 Å². The molecule has 0 aliphatic rings. The van der Waals surface area contributed by atoms with E-state index in [2.05, 4.69) is 75.1 Å². The molecule has 0 rings (SSSR count). The average molecular weight is 299 g/mol. The summed E-state index contributed by atoms with van der Waals surface area (Å²) >= 11 is 0. The van der Waals surface area contributed by atoms with Crippen molar-refractivity contribution in [3.8, 4) is 0 Å². The quantitative estimate of drug-likeness (QED) is 0.715. The molecule has 0 heterocycles. The molecule has 0 aromatic carbocycles. The second kappa shape index (κ2) is 6.67. The van der Waals surface area contributed by atoms with Crippen LogP contribution in [0.5, 0.6) is 0 Å². The van der Waals surface area contributed by atoms with Crippen molar-refractivity contribution in [1.82, 2.24) is 18.7 Å². The average Bonchev–Trinajstić information content (AvgIpc) is 1.82. The van der Waals surface area contributed by atoms with Gasteiger partial charge in [-0.3, -0.25) is 0 Å². The van der Waals surface area contributed by atoms with Gasteiger partial charge in [0.1, 0.15) is 0 Å². The van der Waals surface area contributed by atoms with Crippen molar-refractivity contribution in [3.05, 3.63) is 0 Å². The van der Waals surface area contributed by atoms with Crippen LogP contribution >= 0.6 is 7.87 Å². The molecule has 0 aromatic heterocycles. The Hall–Kier alpha value is 1.15. The molecule has 80 valence electrons. The first-order valence-electron chi connectivity index (χ1n) is 4.38. The van der Waals surface area contributed by atoms with Crippen LogP contribution in [0.15, 0.2) is 0 Å². The molecule has 0 radical (unpaired) electrons. The van der Waals surface area contributed by atoms with Gasteiger partial charge in [0, 0.05) is 56.4 Å². The van der Waals surface area contributed by atoms with Crippen molar-refractivity contribution in [3.63, 3.8) is 0 Å². The van der Waals surface area contributed by atoms with Crippen molar-refractivity contribution in [2.45, 2.75) is 0 Å². The molecule has 0 atom stereocenters. The molecule has 4 nitrogen and oxygen atoms in total. The van der Waals surface area contributed by atoms with Crippen LogP contribution in [0, 0.1) is 0 Å². The maximum Gasteiger partial charge on any atom is 4.00 e. The van der Waals surface area contributed by atoms with Crippen LogP contribution in [0.3, 0.4) is 0 Å². The Kier molecular flexibility index (Phi) is 8.36. The Morgan fingerprint density at radius 3 is 0.643 bits per heavy atom. The Balaban J connectivity index is 0. The van der Waals surface area contributed by atoms with E-state index in [9.17, 15) is 0 Å². The van der Waals surface area contributed by atoms with Crippen LogP contribution in [0.4, 0.5) is 0 Å². The van der Waals surface area contributed by atoms with E-state index in [1.807, 2.05) is 0 Å².